The standard InChI is InChI=1S/C21H21F3N4O2/c1-3-12-30-15-10-8-14(9-11-15)26-20-25-13-16(21(22,23)24)19(28-20)27-17-6-4-5-7-18(17)29-2/h4-11,13H,3,12H2,1-2H3,(H2,25,26,27,28). The predicted molar refractivity (Wildman–Crippen MR) is 109 cm³/mol. The lowest BCUT2D eigenvalue weighted by Gasteiger charge is -2.16. The molecule has 0 radical (unpaired) electrons. The van der Waals surface area contributed by atoms with Crippen molar-refractivity contribution in [2.24, 2.45) is 0 Å². The summed E-state index contributed by atoms with van der Waals surface area (Å²) in [4.78, 5) is 7.85. The Morgan fingerprint density at radius 3 is 2.40 bits per heavy atom. The van der Waals surface area contributed by atoms with Crippen LogP contribution in [0.2, 0.25) is 0 Å². The number of nitrogens with one attached hydrogen (secondary N) is 2. The first-order valence-electron chi connectivity index (χ1n) is 9.25. The summed E-state index contributed by atoms with van der Waals surface area (Å²) in [7, 11) is 1.44. The minimum Gasteiger partial charge on any atom is -0.495 e. The molecule has 6 nitrogen and oxygen atoms in total. The summed E-state index contributed by atoms with van der Waals surface area (Å²) in [6, 6.07) is 13.6. The molecule has 0 atom stereocenters. The van der Waals surface area contributed by atoms with Gasteiger partial charge in [-0.1, -0.05) is 19.1 Å². The zero-order chi connectivity index (χ0) is 21.6. The van der Waals surface area contributed by atoms with Crippen LogP contribution in [0, 0.1) is 0 Å². The van der Waals surface area contributed by atoms with Crippen LogP contribution in [0.1, 0.15) is 18.9 Å². The van der Waals surface area contributed by atoms with Gasteiger partial charge in [-0.25, -0.2) is 4.98 Å². The number of para-hydroxylation sites is 2. The van der Waals surface area contributed by atoms with Gasteiger partial charge in [0.2, 0.25) is 5.95 Å². The van der Waals surface area contributed by atoms with E-state index in [1.165, 1.54) is 7.11 Å². The van der Waals surface area contributed by atoms with E-state index in [0.717, 1.165) is 12.6 Å². The Morgan fingerprint density at radius 1 is 1.00 bits per heavy atom. The van der Waals surface area contributed by atoms with Crippen molar-refractivity contribution in [3.63, 3.8) is 0 Å². The molecule has 0 spiro atoms. The van der Waals surface area contributed by atoms with Crippen molar-refractivity contribution in [1.29, 1.82) is 0 Å². The summed E-state index contributed by atoms with van der Waals surface area (Å²) in [5.41, 5.74) is -0.0169. The van der Waals surface area contributed by atoms with Crippen LogP contribution in [0.15, 0.2) is 54.7 Å². The summed E-state index contributed by atoms with van der Waals surface area (Å²) in [6.07, 6.45) is -2.99. The second kappa shape index (κ2) is 9.34. The maximum absolute atomic E-state index is 13.5. The second-order valence-electron chi connectivity index (χ2n) is 6.28. The van der Waals surface area contributed by atoms with Gasteiger partial charge in [0.1, 0.15) is 22.9 Å². The van der Waals surface area contributed by atoms with Gasteiger partial charge in [-0.05, 0) is 42.8 Å². The summed E-state index contributed by atoms with van der Waals surface area (Å²) in [5, 5.41) is 5.61. The van der Waals surface area contributed by atoms with Crippen molar-refractivity contribution in [1.82, 2.24) is 9.97 Å². The number of methoxy groups -OCH3 is 1. The molecule has 1 aromatic heterocycles. The van der Waals surface area contributed by atoms with Crippen LogP contribution in [0.3, 0.4) is 0 Å². The highest BCUT2D eigenvalue weighted by Gasteiger charge is 2.35. The number of ether oxygens (including phenoxy) is 2. The number of anilines is 4. The van der Waals surface area contributed by atoms with Gasteiger partial charge in [-0.3, -0.25) is 0 Å². The normalized spacial score (nSPS) is 11.1. The van der Waals surface area contributed by atoms with Gasteiger partial charge < -0.3 is 20.1 Å². The highest BCUT2D eigenvalue weighted by Crippen LogP contribution is 2.37. The number of nitrogens with zero attached hydrogens (tertiary/aromatic N) is 2. The van der Waals surface area contributed by atoms with Crippen LogP contribution in [0.25, 0.3) is 0 Å². The minimum atomic E-state index is -4.62. The zero-order valence-corrected chi connectivity index (χ0v) is 16.5. The molecule has 9 heteroatoms. The molecule has 0 unspecified atom stereocenters. The van der Waals surface area contributed by atoms with Crippen molar-refractivity contribution in [2.75, 3.05) is 24.4 Å². The van der Waals surface area contributed by atoms with Gasteiger partial charge in [0.15, 0.2) is 0 Å². The molecule has 0 saturated carbocycles. The molecule has 0 amide bonds. The highest BCUT2D eigenvalue weighted by atomic mass is 19.4. The van der Waals surface area contributed by atoms with Gasteiger partial charge >= 0.3 is 6.18 Å². The Balaban J connectivity index is 1.87. The summed E-state index contributed by atoms with van der Waals surface area (Å²) in [5.74, 6) is 0.728. The number of alkyl halides is 3. The quantitative estimate of drug-likeness (QED) is 0.483. The van der Waals surface area contributed by atoms with E-state index in [1.54, 1.807) is 48.5 Å². The fraction of sp³-hybridized carbons (Fsp3) is 0.238. The van der Waals surface area contributed by atoms with Crippen LogP contribution >= 0.6 is 0 Å². The molecule has 0 saturated heterocycles. The lowest BCUT2D eigenvalue weighted by atomic mass is 10.2. The molecule has 0 aliphatic carbocycles. The van der Waals surface area contributed by atoms with Crippen LogP contribution in [0.5, 0.6) is 11.5 Å². The molecule has 3 aromatic rings. The fourth-order valence-electron chi connectivity index (χ4n) is 2.60. The third-order valence-corrected chi connectivity index (χ3v) is 4.04. The Hall–Kier alpha value is -3.49. The first-order chi connectivity index (χ1) is 14.4. The molecule has 30 heavy (non-hydrogen) atoms. The number of halogens is 3. The summed E-state index contributed by atoms with van der Waals surface area (Å²) in [6.45, 7) is 2.61. The van der Waals surface area contributed by atoms with E-state index in [4.69, 9.17) is 9.47 Å². The van der Waals surface area contributed by atoms with Crippen LogP contribution in [0.4, 0.5) is 36.3 Å². The summed E-state index contributed by atoms with van der Waals surface area (Å²) >= 11 is 0. The van der Waals surface area contributed by atoms with Gasteiger partial charge in [0.05, 0.1) is 19.4 Å². The first kappa shape index (κ1) is 21.2. The van der Waals surface area contributed by atoms with Gasteiger partial charge in [-0.15, -0.1) is 0 Å². The summed E-state index contributed by atoms with van der Waals surface area (Å²) < 4.78 is 51.1. The molecule has 2 N–H and O–H groups in total. The fourth-order valence-corrected chi connectivity index (χ4v) is 2.60. The third kappa shape index (κ3) is 5.31. The van der Waals surface area contributed by atoms with Crippen LogP contribution < -0.4 is 20.1 Å². The van der Waals surface area contributed by atoms with E-state index >= 15 is 0 Å². The van der Waals surface area contributed by atoms with Crippen molar-refractivity contribution in [2.45, 2.75) is 19.5 Å². The topological polar surface area (TPSA) is 68.3 Å². The number of hydrogen-bond acceptors (Lipinski definition) is 6. The lowest BCUT2D eigenvalue weighted by Crippen LogP contribution is -2.13. The SMILES string of the molecule is CCCOc1ccc(Nc2ncc(C(F)(F)F)c(Nc3ccccc3OC)n2)cc1. The Bertz CT molecular complexity index is 979. The van der Waals surface area contributed by atoms with E-state index < -0.39 is 11.7 Å². The number of hydrogen-bond donors (Lipinski definition) is 2. The Morgan fingerprint density at radius 2 is 1.73 bits per heavy atom. The van der Waals surface area contributed by atoms with Crippen molar-refractivity contribution in [3.8, 4) is 11.5 Å². The molecule has 0 aliphatic rings. The Kier molecular flexibility index (Phi) is 6.61. The lowest BCUT2D eigenvalue weighted by molar-refractivity contribution is -0.137. The van der Waals surface area contributed by atoms with Gasteiger partial charge in [0, 0.05) is 11.9 Å². The highest BCUT2D eigenvalue weighted by molar-refractivity contribution is 5.67. The Labute approximate surface area is 172 Å². The van der Waals surface area contributed by atoms with Gasteiger partial charge in [0.25, 0.3) is 0 Å². The maximum atomic E-state index is 13.5. The van der Waals surface area contributed by atoms with Crippen LogP contribution in [-0.4, -0.2) is 23.7 Å². The largest absolute Gasteiger partial charge is 0.495 e. The molecule has 0 bridgehead atoms. The average molecular weight is 418 g/mol. The second-order valence-corrected chi connectivity index (χ2v) is 6.28. The van der Waals surface area contributed by atoms with Crippen molar-refractivity contribution >= 4 is 23.1 Å². The van der Waals surface area contributed by atoms with Crippen LogP contribution in [-0.2, 0) is 6.18 Å². The molecule has 0 fully saturated rings. The molecule has 0 aliphatic heterocycles. The molecule has 158 valence electrons. The first-order valence-corrected chi connectivity index (χ1v) is 9.25. The molecule has 1 heterocycles. The van der Waals surface area contributed by atoms with Crippen molar-refractivity contribution < 1.29 is 22.6 Å². The van der Waals surface area contributed by atoms with Gasteiger partial charge in [-0.2, -0.15) is 18.2 Å². The maximum Gasteiger partial charge on any atom is 0.421 e. The number of benzene rings is 2. The monoisotopic (exact) mass is 418 g/mol. The number of rotatable bonds is 8. The smallest absolute Gasteiger partial charge is 0.421 e. The van der Waals surface area contributed by atoms with E-state index in [0.29, 0.717) is 29.5 Å². The number of aromatic nitrogens is 2. The molecular weight excluding hydrogens is 397 g/mol. The van der Waals surface area contributed by atoms with E-state index in [2.05, 4.69) is 20.6 Å². The minimum absolute atomic E-state index is 0.0163. The zero-order valence-electron chi connectivity index (χ0n) is 16.5. The van der Waals surface area contributed by atoms with Crippen molar-refractivity contribution in [3.05, 3.63) is 60.3 Å². The third-order valence-electron chi connectivity index (χ3n) is 4.04. The predicted octanol–water partition coefficient (Wildman–Crippen LogP) is 5.78. The molecular formula is C21H21F3N4O2. The molecule has 3 rings (SSSR count). The van der Waals surface area contributed by atoms with E-state index in [9.17, 15) is 13.2 Å². The van der Waals surface area contributed by atoms with E-state index in [-0.39, 0.29) is 11.8 Å². The molecule has 2 aromatic carbocycles. The van der Waals surface area contributed by atoms with E-state index in [1.807, 2.05) is 6.92 Å². The average Bonchev–Trinajstić information content (AvgIpc) is 2.73.